The number of aromatic nitrogens is 2. The first-order valence-electron chi connectivity index (χ1n) is 12.0. The van der Waals surface area contributed by atoms with Crippen molar-refractivity contribution in [1.82, 2.24) is 14.9 Å². The van der Waals surface area contributed by atoms with Crippen molar-refractivity contribution < 1.29 is 14.2 Å². The van der Waals surface area contributed by atoms with Gasteiger partial charge in [0.1, 0.15) is 17.4 Å². The zero-order chi connectivity index (χ0) is 26.5. The molecule has 2 atom stereocenters. The van der Waals surface area contributed by atoms with Crippen LogP contribution in [0.1, 0.15) is 19.4 Å². The molecule has 9 nitrogen and oxygen atoms in total. The first kappa shape index (κ1) is 25.3. The second-order valence-electron chi connectivity index (χ2n) is 10.2. The van der Waals surface area contributed by atoms with Gasteiger partial charge in [0.15, 0.2) is 0 Å². The summed E-state index contributed by atoms with van der Waals surface area (Å²) in [6, 6.07) is 8.63. The van der Waals surface area contributed by atoms with Gasteiger partial charge in [0.25, 0.3) is 0 Å². The van der Waals surface area contributed by atoms with Gasteiger partial charge in [-0.05, 0) is 45.2 Å². The SMILES string of the molecule is COc1cc(N2C[C@@H]3CN(C)[C@@H]3C2)c(N)cc1Nc1nccc(Nc2cc(Cl)c(F)cc2C(C)(C)O)n1. The summed E-state index contributed by atoms with van der Waals surface area (Å²) >= 11 is 6.00. The minimum Gasteiger partial charge on any atom is -0.494 e. The smallest absolute Gasteiger partial charge is 0.229 e. The minimum atomic E-state index is -1.31. The number of hydrogen-bond acceptors (Lipinski definition) is 9. The molecule has 0 radical (unpaired) electrons. The average molecular weight is 528 g/mol. The fraction of sp³-hybridized carbons (Fsp3) is 0.385. The second kappa shape index (κ2) is 9.51. The predicted molar refractivity (Wildman–Crippen MR) is 145 cm³/mol. The molecule has 0 spiro atoms. The predicted octanol–water partition coefficient (Wildman–Crippen LogP) is 4.32. The molecule has 0 amide bonds. The summed E-state index contributed by atoms with van der Waals surface area (Å²) in [5, 5.41) is 16.7. The number of nitrogen functional groups attached to an aromatic ring is 1. The van der Waals surface area contributed by atoms with Crippen LogP contribution < -0.4 is 26.0 Å². The van der Waals surface area contributed by atoms with Gasteiger partial charge in [-0.1, -0.05) is 11.6 Å². The van der Waals surface area contributed by atoms with Gasteiger partial charge in [-0.25, -0.2) is 9.37 Å². The number of ether oxygens (including phenoxy) is 1. The highest BCUT2D eigenvalue weighted by Crippen LogP contribution is 2.41. The van der Waals surface area contributed by atoms with E-state index in [0.29, 0.717) is 52.1 Å². The third kappa shape index (κ3) is 4.96. The first-order valence-corrected chi connectivity index (χ1v) is 12.4. The van der Waals surface area contributed by atoms with E-state index in [0.717, 1.165) is 25.3 Å². The van der Waals surface area contributed by atoms with E-state index in [1.807, 2.05) is 12.1 Å². The zero-order valence-corrected chi connectivity index (χ0v) is 22.0. The van der Waals surface area contributed by atoms with Crippen molar-refractivity contribution in [2.75, 3.05) is 55.1 Å². The number of fused-ring (bicyclic) bond motifs is 1. The quantitative estimate of drug-likeness (QED) is 0.334. The number of anilines is 6. The van der Waals surface area contributed by atoms with E-state index in [-0.39, 0.29) is 5.02 Å². The molecule has 0 unspecified atom stereocenters. The van der Waals surface area contributed by atoms with Crippen LogP contribution >= 0.6 is 11.6 Å². The lowest BCUT2D eigenvalue weighted by molar-refractivity contribution is 0.0790. The van der Waals surface area contributed by atoms with Gasteiger partial charge in [-0.3, -0.25) is 0 Å². The Hall–Kier alpha value is -3.34. The summed E-state index contributed by atoms with van der Waals surface area (Å²) in [5.41, 5.74) is 8.15. The molecular weight excluding hydrogens is 497 g/mol. The van der Waals surface area contributed by atoms with E-state index >= 15 is 0 Å². The van der Waals surface area contributed by atoms with E-state index in [4.69, 9.17) is 22.1 Å². The van der Waals surface area contributed by atoms with Crippen molar-refractivity contribution in [2.45, 2.75) is 25.5 Å². The summed E-state index contributed by atoms with van der Waals surface area (Å²) in [5.74, 6) is 1.40. The van der Waals surface area contributed by atoms with Gasteiger partial charge >= 0.3 is 0 Å². The number of rotatable bonds is 7. The number of methoxy groups -OCH3 is 1. The van der Waals surface area contributed by atoms with Crippen LogP contribution in [0.15, 0.2) is 36.5 Å². The van der Waals surface area contributed by atoms with E-state index in [1.54, 1.807) is 33.2 Å². The van der Waals surface area contributed by atoms with Crippen LogP contribution in [-0.2, 0) is 5.60 Å². The normalized spacial score (nSPS) is 19.4. The van der Waals surface area contributed by atoms with Crippen molar-refractivity contribution in [3.63, 3.8) is 0 Å². The highest BCUT2D eigenvalue weighted by molar-refractivity contribution is 6.31. The van der Waals surface area contributed by atoms with Gasteiger partial charge < -0.3 is 36.0 Å². The van der Waals surface area contributed by atoms with Gasteiger partial charge in [0.05, 0.1) is 34.8 Å². The molecule has 0 bridgehead atoms. The van der Waals surface area contributed by atoms with Crippen LogP contribution in [0, 0.1) is 11.7 Å². The Balaban J connectivity index is 1.38. The maximum absolute atomic E-state index is 14.1. The van der Waals surface area contributed by atoms with E-state index < -0.39 is 11.4 Å². The van der Waals surface area contributed by atoms with Gasteiger partial charge in [0.2, 0.25) is 5.95 Å². The molecular formula is C26H31ClFN7O2. The molecule has 0 aliphatic carbocycles. The van der Waals surface area contributed by atoms with Crippen LogP contribution in [0.5, 0.6) is 5.75 Å². The number of likely N-dealkylation sites (tertiary alicyclic amines) is 1. The molecule has 2 aliphatic rings. The third-order valence-corrected chi connectivity index (χ3v) is 7.36. The molecule has 2 saturated heterocycles. The number of nitrogens with one attached hydrogen (secondary N) is 2. The van der Waals surface area contributed by atoms with E-state index in [2.05, 4.69) is 37.4 Å². The van der Waals surface area contributed by atoms with Crippen molar-refractivity contribution in [3.8, 4) is 5.75 Å². The Labute approximate surface area is 220 Å². The number of aliphatic hydroxyl groups is 1. The highest BCUT2D eigenvalue weighted by Gasteiger charge is 2.44. The summed E-state index contributed by atoms with van der Waals surface area (Å²) in [4.78, 5) is 13.5. The summed E-state index contributed by atoms with van der Waals surface area (Å²) in [6.45, 7) is 6.17. The molecule has 2 fully saturated rings. The topological polar surface area (TPSA) is 112 Å². The second-order valence-corrected chi connectivity index (χ2v) is 10.6. The Morgan fingerprint density at radius 3 is 2.62 bits per heavy atom. The van der Waals surface area contributed by atoms with Crippen LogP contribution in [0.3, 0.4) is 0 Å². The zero-order valence-electron chi connectivity index (χ0n) is 21.2. The summed E-state index contributed by atoms with van der Waals surface area (Å²) in [7, 11) is 3.76. The number of halogens is 2. The Bertz CT molecular complexity index is 1330. The highest BCUT2D eigenvalue weighted by atomic mass is 35.5. The fourth-order valence-electron chi connectivity index (χ4n) is 5.13. The molecule has 2 aromatic carbocycles. The Morgan fingerprint density at radius 2 is 1.95 bits per heavy atom. The monoisotopic (exact) mass is 527 g/mol. The number of hydrogen-bond donors (Lipinski definition) is 4. The van der Waals surface area contributed by atoms with Crippen LogP contribution in [0.4, 0.5) is 38.9 Å². The maximum atomic E-state index is 14.1. The minimum absolute atomic E-state index is 0.0686. The summed E-state index contributed by atoms with van der Waals surface area (Å²) < 4.78 is 19.8. The molecule has 1 aromatic heterocycles. The van der Waals surface area contributed by atoms with Crippen LogP contribution in [0.2, 0.25) is 5.02 Å². The van der Waals surface area contributed by atoms with Crippen molar-refractivity contribution in [1.29, 1.82) is 0 Å². The number of nitrogens with zero attached hydrogens (tertiary/aromatic N) is 4. The van der Waals surface area contributed by atoms with Crippen LogP contribution in [0.25, 0.3) is 0 Å². The lowest BCUT2D eigenvalue weighted by Gasteiger charge is -2.40. The molecule has 3 heterocycles. The standard InChI is InChI=1S/C26H31ClFN7O2/c1-26(2,36)15-7-17(28)16(27)8-19(15)31-24-5-6-30-25(33-24)32-20-9-18(29)21(10-23(20)37-4)35-12-14-11-34(3)22(14)13-35/h5-10,14,22,36H,11-13,29H2,1-4H3,(H2,30,31,32,33)/t14-,22+/m0/s1. The summed E-state index contributed by atoms with van der Waals surface area (Å²) in [6.07, 6.45) is 1.58. The maximum Gasteiger partial charge on any atom is 0.229 e. The molecule has 11 heteroatoms. The Kier molecular flexibility index (Phi) is 6.51. The van der Waals surface area contributed by atoms with Crippen LogP contribution in [-0.4, -0.2) is 59.8 Å². The van der Waals surface area contributed by atoms with Crippen molar-refractivity contribution in [2.24, 2.45) is 5.92 Å². The molecule has 37 heavy (non-hydrogen) atoms. The van der Waals surface area contributed by atoms with Gasteiger partial charge in [-0.15, -0.1) is 0 Å². The number of nitrogens with two attached hydrogens (primary N) is 1. The van der Waals surface area contributed by atoms with E-state index in [9.17, 15) is 9.50 Å². The average Bonchev–Trinajstić information content (AvgIpc) is 3.18. The first-order chi connectivity index (χ1) is 17.5. The molecule has 0 saturated carbocycles. The molecule has 5 N–H and O–H groups in total. The molecule has 196 valence electrons. The Morgan fingerprint density at radius 1 is 1.16 bits per heavy atom. The van der Waals surface area contributed by atoms with Crippen molar-refractivity contribution in [3.05, 3.63) is 52.9 Å². The van der Waals surface area contributed by atoms with Gasteiger partial charge in [-0.2, -0.15) is 4.98 Å². The third-order valence-electron chi connectivity index (χ3n) is 7.07. The van der Waals surface area contributed by atoms with Crippen molar-refractivity contribution >= 4 is 46.1 Å². The number of benzene rings is 2. The molecule has 5 rings (SSSR count). The lowest BCUT2D eigenvalue weighted by atomic mass is 9.93. The number of likely N-dealkylation sites (N-methyl/N-ethyl adjacent to an activating group) is 1. The largest absolute Gasteiger partial charge is 0.494 e. The lowest BCUT2D eigenvalue weighted by Crippen LogP contribution is -2.52. The molecule has 3 aromatic rings. The van der Waals surface area contributed by atoms with Gasteiger partial charge in [0, 0.05) is 55.1 Å². The van der Waals surface area contributed by atoms with E-state index in [1.165, 1.54) is 12.1 Å². The molecule has 2 aliphatic heterocycles. The fourth-order valence-corrected chi connectivity index (χ4v) is 5.29.